The molecule has 0 aliphatic carbocycles. The Kier molecular flexibility index (Phi) is 4.52. The summed E-state index contributed by atoms with van der Waals surface area (Å²) in [5.74, 6) is 1.53. The lowest BCUT2D eigenvalue weighted by Crippen LogP contribution is -1.99. The van der Waals surface area contributed by atoms with Crippen molar-refractivity contribution in [2.75, 3.05) is 6.61 Å². The maximum Gasteiger partial charge on any atom is 0.284 e. The van der Waals surface area contributed by atoms with E-state index in [-0.39, 0.29) is 0 Å². The van der Waals surface area contributed by atoms with Gasteiger partial charge in [-0.25, -0.2) is 5.10 Å². The number of aromatic amines is 1. The highest BCUT2D eigenvalue weighted by atomic mass is 32.1. The van der Waals surface area contributed by atoms with Crippen molar-refractivity contribution in [2.45, 2.75) is 26.2 Å². The van der Waals surface area contributed by atoms with Crippen LogP contribution >= 0.6 is 12.2 Å². The third-order valence-corrected chi connectivity index (χ3v) is 2.79. The minimum absolute atomic E-state index is 0.320. The van der Waals surface area contributed by atoms with Gasteiger partial charge in [-0.1, -0.05) is 19.1 Å². The molecular weight excluding hydrogens is 248 g/mol. The van der Waals surface area contributed by atoms with Gasteiger partial charge in [-0.05, 0) is 42.8 Å². The lowest BCUT2D eigenvalue weighted by Gasteiger charge is -2.05. The molecule has 1 heterocycles. The third-order valence-electron chi connectivity index (χ3n) is 2.62. The van der Waals surface area contributed by atoms with Crippen LogP contribution < -0.4 is 4.74 Å². The van der Waals surface area contributed by atoms with Crippen molar-refractivity contribution in [1.29, 1.82) is 0 Å². The van der Waals surface area contributed by atoms with Gasteiger partial charge in [-0.3, -0.25) is 0 Å². The first-order chi connectivity index (χ1) is 8.78. The van der Waals surface area contributed by atoms with Gasteiger partial charge in [-0.15, -0.1) is 5.10 Å². The Labute approximate surface area is 111 Å². The monoisotopic (exact) mass is 264 g/mol. The summed E-state index contributed by atoms with van der Waals surface area (Å²) in [6, 6.07) is 8.17. The number of aromatic nitrogens is 2. The first kappa shape index (κ1) is 12.8. The van der Waals surface area contributed by atoms with Crippen LogP contribution in [0.25, 0.3) is 0 Å². The van der Waals surface area contributed by atoms with E-state index in [1.54, 1.807) is 0 Å². The SMILES string of the molecule is CCc1ccc(OCCCc2n[nH]c(=S)o2)cc1. The molecule has 96 valence electrons. The summed E-state index contributed by atoms with van der Waals surface area (Å²) in [5.41, 5.74) is 1.32. The predicted octanol–water partition coefficient (Wildman–Crippen LogP) is 3.31. The molecule has 0 saturated heterocycles. The van der Waals surface area contributed by atoms with Gasteiger partial charge in [0.05, 0.1) is 6.61 Å². The number of aryl methyl sites for hydroxylation is 2. The van der Waals surface area contributed by atoms with Crippen LogP contribution in [0.4, 0.5) is 0 Å². The molecule has 0 atom stereocenters. The van der Waals surface area contributed by atoms with E-state index in [1.165, 1.54) is 5.56 Å². The Morgan fingerprint density at radius 2 is 2.11 bits per heavy atom. The van der Waals surface area contributed by atoms with Crippen LogP contribution in [0.15, 0.2) is 28.7 Å². The lowest BCUT2D eigenvalue weighted by molar-refractivity contribution is 0.304. The molecule has 4 nitrogen and oxygen atoms in total. The molecular formula is C13H16N2O2S. The van der Waals surface area contributed by atoms with Crippen LogP contribution in [0.2, 0.25) is 0 Å². The first-order valence-corrected chi connectivity index (χ1v) is 6.45. The van der Waals surface area contributed by atoms with Crippen molar-refractivity contribution in [2.24, 2.45) is 0 Å². The van der Waals surface area contributed by atoms with Crippen LogP contribution in [0.5, 0.6) is 5.75 Å². The molecule has 0 amide bonds. The normalized spacial score (nSPS) is 10.5. The quantitative estimate of drug-likeness (QED) is 0.642. The van der Waals surface area contributed by atoms with Crippen molar-refractivity contribution in [3.8, 4) is 5.75 Å². The molecule has 2 aromatic rings. The van der Waals surface area contributed by atoms with Gasteiger partial charge < -0.3 is 9.15 Å². The van der Waals surface area contributed by atoms with E-state index in [9.17, 15) is 0 Å². The smallest absolute Gasteiger partial charge is 0.284 e. The van der Waals surface area contributed by atoms with E-state index < -0.39 is 0 Å². The number of ether oxygens (including phenoxy) is 1. The Balaban J connectivity index is 1.73. The number of rotatable bonds is 6. The molecule has 5 heteroatoms. The van der Waals surface area contributed by atoms with Crippen LogP contribution in [-0.2, 0) is 12.8 Å². The van der Waals surface area contributed by atoms with E-state index >= 15 is 0 Å². The summed E-state index contributed by atoms with van der Waals surface area (Å²) in [7, 11) is 0. The number of nitrogens with zero attached hydrogens (tertiary/aromatic N) is 1. The summed E-state index contributed by atoms with van der Waals surface area (Å²) >= 11 is 4.80. The molecule has 0 aliphatic rings. The molecule has 1 aromatic heterocycles. The zero-order valence-corrected chi connectivity index (χ0v) is 11.1. The van der Waals surface area contributed by atoms with Gasteiger partial charge in [-0.2, -0.15) is 0 Å². The molecule has 0 bridgehead atoms. The van der Waals surface area contributed by atoms with Crippen molar-refractivity contribution >= 4 is 12.2 Å². The fourth-order valence-electron chi connectivity index (χ4n) is 1.60. The van der Waals surface area contributed by atoms with Crippen LogP contribution in [0.1, 0.15) is 24.8 Å². The van der Waals surface area contributed by atoms with Crippen molar-refractivity contribution in [3.05, 3.63) is 40.6 Å². The molecule has 0 spiro atoms. The Bertz CT molecular complexity index is 530. The van der Waals surface area contributed by atoms with Gasteiger partial charge in [0, 0.05) is 6.42 Å². The average molecular weight is 264 g/mol. The van der Waals surface area contributed by atoms with Crippen molar-refractivity contribution in [1.82, 2.24) is 10.2 Å². The minimum Gasteiger partial charge on any atom is -0.494 e. The molecule has 0 saturated carbocycles. The van der Waals surface area contributed by atoms with E-state index in [1.807, 2.05) is 12.1 Å². The highest BCUT2D eigenvalue weighted by molar-refractivity contribution is 7.71. The van der Waals surface area contributed by atoms with Crippen molar-refractivity contribution < 1.29 is 9.15 Å². The van der Waals surface area contributed by atoms with Gasteiger partial charge in [0.15, 0.2) is 0 Å². The highest BCUT2D eigenvalue weighted by Gasteiger charge is 2.00. The van der Waals surface area contributed by atoms with E-state index in [2.05, 4.69) is 29.3 Å². The standard InChI is InChI=1S/C13H16N2O2S/c1-2-10-5-7-11(8-6-10)16-9-3-4-12-14-15-13(18)17-12/h5-8H,2-4,9H2,1H3,(H,15,18). The van der Waals surface area contributed by atoms with E-state index in [0.29, 0.717) is 17.3 Å². The molecule has 18 heavy (non-hydrogen) atoms. The fourth-order valence-corrected chi connectivity index (χ4v) is 1.74. The molecule has 1 N–H and O–H groups in total. The zero-order valence-electron chi connectivity index (χ0n) is 10.3. The summed E-state index contributed by atoms with van der Waals surface area (Å²) in [6.07, 6.45) is 2.61. The maximum atomic E-state index is 5.63. The summed E-state index contributed by atoms with van der Waals surface area (Å²) < 4.78 is 10.8. The molecule has 2 rings (SSSR count). The Hall–Kier alpha value is -1.62. The minimum atomic E-state index is 0.320. The molecule has 1 aromatic carbocycles. The van der Waals surface area contributed by atoms with Gasteiger partial charge in [0.1, 0.15) is 5.75 Å². The maximum absolute atomic E-state index is 5.63. The van der Waals surface area contributed by atoms with Crippen LogP contribution in [0.3, 0.4) is 0 Å². The van der Waals surface area contributed by atoms with E-state index in [0.717, 1.165) is 25.0 Å². The van der Waals surface area contributed by atoms with Crippen LogP contribution in [0, 0.1) is 4.84 Å². The molecule has 0 aliphatic heterocycles. The second kappa shape index (κ2) is 6.35. The number of hydrogen-bond acceptors (Lipinski definition) is 4. The number of nitrogens with one attached hydrogen (secondary N) is 1. The van der Waals surface area contributed by atoms with Crippen molar-refractivity contribution in [3.63, 3.8) is 0 Å². The number of H-pyrrole nitrogens is 1. The number of hydrogen-bond donors (Lipinski definition) is 1. The highest BCUT2D eigenvalue weighted by Crippen LogP contribution is 2.13. The van der Waals surface area contributed by atoms with Gasteiger partial charge in [0.25, 0.3) is 4.84 Å². The topological polar surface area (TPSA) is 51.0 Å². The fraction of sp³-hybridized carbons (Fsp3) is 0.385. The zero-order chi connectivity index (χ0) is 12.8. The predicted molar refractivity (Wildman–Crippen MR) is 71.3 cm³/mol. The average Bonchev–Trinajstić information content (AvgIpc) is 2.81. The van der Waals surface area contributed by atoms with Crippen LogP contribution in [-0.4, -0.2) is 16.8 Å². The number of benzene rings is 1. The second-order valence-electron chi connectivity index (χ2n) is 3.96. The Morgan fingerprint density at radius 1 is 1.33 bits per heavy atom. The summed E-state index contributed by atoms with van der Waals surface area (Å²) in [5, 5.41) is 6.53. The molecule has 0 unspecified atom stereocenters. The van der Waals surface area contributed by atoms with Gasteiger partial charge >= 0.3 is 0 Å². The van der Waals surface area contributed by atoms with E-state index in [4.69, 9.17) is 21.4 Å². The second-order valence-corrected chi connectivity index (χ2v) is 4.33. The summed E-state index contributed by atoms with van der Waals surface area (Å²) in [6.45, 7) is 2.78. The summed E-state index contributed by atoms with van der Waals surface area (Å²) in [4.78, 5) is 0.320. The first-order valence-electron chi connectivity index (χ1n) is 6.04. The molecule has 0 fully saturated rings. The lowest BCUT2D eigenvalue weighted by atomic mass is 10.2. The van der Waals surface area contributed by atoms with Gasteiger partial charge in [0.2, 0.25) is 5.89 Å². The largest absolute Gasteiger partial charge is 0.494 e. The Morgan fingerprint density at radius 3 is 2.72 bits per heavy atom. The third kappa shape index (κ3) is 3.70. The molecule has 0 radical (unpaired) electrons.